The molecule has 2 aromatic carbocycles. The number of nitrogens with one attached hydrogen (secondary N) is 2. The van der Waals surface area contributed by atoms with Crippen LogP contribution in [-0.4, -0.2) is 33.5 Å². The Balaban J connectivity index is 1.53. The van der Waals surface area contributed by atoms with Crippen molar-refractivity contribution >= 4 is 5.96 Å². The van der Waals surface area contributed by atoms with E-state index in [0.29, 0.717) is 19.0 Å². The molecule has 1 atom stereocenters. The Labute approximate surface area is 152 Å². The van der Waals surface area contributed by atoms with Gasteiger partial charge in [0.2, 0.25) is 6.79 Å². The molecule has 2 N–H and O–H groups in total. The van der Waals surface area contributed by atoms with Gasteiger partial charge in [-0.3, -0.25) is 4.99 Å². The zero-order chi connectivity index (χ0) is 18.4. The number of benzene rings is 2. The van der Waals surface area contributed by atoms with Crippen molar-refractivity contribution < 1.29 is 18.6 Å². The van der Waals surface area contributed by atoms with Crippen molar-refractivity contribution in [2.75, 3.05) is 27.5 Å². The molecule has 0 saturated carbocycles. The molecule has 0 spiro atoms. The highest BCUT2D eigenvalue weighted by molar-refractivity contribution is 5.79. The van der Waals surface area contributed by atoms with Gasteiger partial charge in [-0.25, -0.2) is 4.39 Å². The van der Waals surface area contributed by atoms with Gasteiger partial charge >= 0.3 is 0 Å². The summed E-state index contributed by atoms with van der Waals surface area (Å²) in [5, 5.41) is 6.46. The fraction of sp³-hybridized carbons (Fsp3) is 0.316. The van der Waals surface area contributed by atoms with E-state index in [1.54, 1.807) is 26.3 Å². The first-order valence-electron chi connectivity index (χ1n) is 8.31. The highest BCUT2D eigenvalue weighted by Gasteiger charge is 2.14. The fourth-order valence-corrected chi connectivity index (χ4v) is 2.66. The lowest BCUT2D eigenvalue weighted by molar-refractivity contribution is 0.106. The number of guanidine groups is 1. The molecule has 7 heteroatoms. The van der Waals surface area contributed by atoms with Crippen LogP contribution < -0.4 is 20.1 Å². The van der Waals surface area contributed by atoms with Gasteiger partial charge in [-0.15, -0.1) is 0 Å². The lowest BCUT2D eigenvalue weighted by atomic mass is 10.1. The Morgan fingerprint density at radius 2 is 1.92 bits per heavy atom. The average Bonchev–Trinajstić information content (AvgIpc) is 3.13. The molecule has 0 amide bonds. The fourth-order valence-electron chi connectivity index (χ4n) is 2.66. The number of halogens is 1. The monoisotopic (exact) mass is 359 g/mol. The van der Waals surface area contributed by atoms with E-state index < -0.39 is 0 Å². The molecular formula is C19H22FN3O3. The van der Waals surface area contributed by atoms with E-state index in [1.807, 2.05) is 18.2 Å². The van der Waals surface area contributed by atoms with E-state index in [1.165, 1.54) is 12.1 Å². The number of fused-ring (bicyclic) bond motifs is 1. The van der Waals surface area contributed by atoms with Crippen molar-refractivity contribution in [3.63, 3.8) is 0 Å². The Kier molecular flexibility index (Phi) is 5.91. The average molecular weight is 359 g/mol. The molecule has 1 aliphatic heterocycles. The van der Waals surface area contributed by atoms with Gasteiger partial charge < -0.3 is 24.8 Å². The molecule has 2 aromatic rings. The second-order valence-electron chi connectivity index (χ2n) is 5.77. The van der Waals surface area contributed by atoms with Crippen molar-refractivity contribution in [2.45, 2.75) is 12.6 Å². The van der Waals surface area contributed by atoms with Crippen LogP contribution in [0.3, 0.4) is 0 Å². The van der Waals surface area contributed by atoms with Crippen molar-refractivity contribution in [3.05, 3.63) is 59.4 Å². The van der Waals surface area contributed by atoms with Gasteiger partial charge in [0.05, 0.1) is 6.10 Å². The van der Waals surface area contributed by atoms with Gasteiger partial charge in [0.1, 0.15) is 5.82 Å². The highest BCUT2D eigenvalue weighted by atomic mass is 19.1. The van der Waals surface area contributed by atoms with Crippen molar-refractivity contribution in [3.8, 4) is 11.5 Å². The minimum absolute atomic E-state index is 0.209. The summed E-state index contributed by atoms with van der Waals surface area (Å²) in [6, 6.07) is 12.1. The lowest BCUT2D eigenvalue weighted by Gasteiger charge is -2.19. The van der Waals surface area contributed by atoms with Gasteiger partial charge in [-0.1, -0.05) is 18.2 Å². The molecule has 0 aromatic heterocycles. The van der Waals surface area contributed by atoms with E-state index in [-0.39, 0.29) is 18.7 Å². The quantitative estimate of drug-likeness (QED) is 0.613. The molecule has 0 aliphatic carbocycles. The number of methoxy groups -OCH3 is 1. The highest BCUT2D eigenvalue weighted by Crippen LogP contribution is 2.32. The maximum atomic E-state index is 13.1. The molecule has 1 aliphatic rings. The second-order valence-corrected chi connectivity index (χ2v) is 5.77. The summed E-state index contributed by atoms with van der Waals surface area (Å²) >= 11 is 0. The molecule has 0 saturated heterocycles. The van der Waals surface area contributed by atoms with Crippen LogP contribution in [-0.2, 0) is 11.3 Å². The topological polar surface area (TPSA) is 64.1 Å². The Morgan fingerprint density at radius 1 is 1.15 bits per heavy atom. The SMILES string of the molecule is CN=C(NCc1ccc2c(c1)OCO2)NCC(OC)c1ccc(F)cc1. The van der Waals surface area contributed by atoms with Crippen LogP contribution in [0.25, 0.3) is 0 Å². The Bertz CT molecular complexity index is 765. The summed E-state index contributed by atoms with van der Waals surface area (Å²) in [5.74, 6) is 1.89. The zero-order valence-electron chi connectivity index (χ0n) is 14.8. The van der Waals surface area contributed by atoms with E-state index in [0.717, 1.165) is 22.6 Å². The molecule has 0 radical (unpaired) electrons. The number of nitrogens with zero attached hydrogens (tertiary/aromatic N) is 1. The third-order valence-corrected chi connectivity index (χ3v) is 4.10. The molecule has 1 heterocycles. The Hall–Kier alpha value is -2.80. The minimum atomic E-state index is -0.266. The lowest BCUT2D eigenvalue weighted by Crippen LogP contribution is -2.39. The van der Waals surface area contributed by atoms with Crippen molar-refractivity contribution in [1.82, 2.24) is 10.6 Å². The molecule has 0 bridgehead atoms. The first kappa shape index (κ1) is 18.0. The summed E-state index contributed by atoms with van der Waals surface area (Å²) in [7, 11) is 3.33. The third-order valence-electron chi connectivity index (χ3n) is 4.10. The van der Waals surface area contributed by atoms with Gasteiger partial charge in [0.25, 0.3) is 0 Å². The van der Waals surface area contributed by atoms with Gasteiger partial charge in [-0.2, -0.15) is 0 Å². The number of ether oxygens (including phenoxy) is 3. The predicted octanol–water partition coefficient (Wildman–Crippen LogP) is 2.61. The molecule has 138 valence electrons. The van der Waals surface area contributed by atoms with Crippen molar-refractivity contribution in [2.24, 2.45) is 4.99 Å². The first-order chi connectivity index (χ1) is 12.7. The van der Waals surface area contributed by atoms with E-state index in [4.69, 9.17) is 14.2 Å². The molecule has 6 nitrogen and oxygen atoms in total. The molecule has 1 unspecified atom stereocenters. The van der Waals surface area contributed by atoms with E-state index in [2.05, 4.69) is 15.6 Å². The van der Waals surface area contributed by atoms with Crippen LogP contribution >= 0.6 is 0 Å². The second kappa shape index (κ2) is 8.53. The predicted molar refractivity (Wildman–Crippen MR) is 96.9 cm³/mol. The normalized spacial score (nSPS) is 14.2. The van der Waals surface area contributed by atoms with Crippen LogP contribution in [0.4, 0.5) is 4.39 Å². The standard InChI is InChI=1S/C19H22FN3O3/c1-21-19(22-10-13-3-8-16-17(9-13)26-12-25-16)23-11-18(24-2)14-4-6-15(20)7-5-14/h3-9,18H,10-12H2,1-2H3,(H2,21,22,23). The van der Waals surface area contributed by atoms with Crippen LogP contribution in [0.15, 0.2) is 47.5 Å². The van der Waals surface area contributed by atoms with Gasteiger partial charge in [0.15, 0.2) is 17.5 Å². The molecular weight excluding hydrogens is 337 g/mol. The summed E-state index contributed by atoms with van der Waals surface area (Å²) in [6.45, 7) is 1.35. The number of rotatable bonds is 6. The van der Waals surface area contributed by atoms with E-state index in [9.17, 15) is 4.39 Å². The number of hydrogen-bond acceptors (Lipinski definition) is 4. The first-order valence-corrected chi connectivity index (χ1v) is 8.31. The van der Waals surface area contributed by atoms with Gasteiger partial charge in [-0.05, 0) is 35.4 Å². The van der Waals surface area contributed by atoms with Crippen LogP contribution in [0, 0.1) is 5.82 Å². The molecule has 26 heavy (non-hydrogen) atoms. The summed E-state index contributed by atoms with van der Waals surface area (Å²) in [6.07, 6.45) is -0.209. The van der Waals surface area contributed by atoms with Crippen LogP contribution in [0.2, 0.25) is 0 Å². The summed E-state index contributed by atoms with van der Waals surface area (Å²) in [4.78, 5) is 4.21. The van der Waals surface area contributed by atoms with Gasteiger partial charge in [0, 0.05) is 27.2 Å². The largest absolute Gasteiger partial charge is 0.454 e. The van der Waals surface area contributed by atoms with Crippen LogP contribution in [0.1, 0.15) is 17.2 Å². The molecule has 0 fully saturated rings. The maximum Gasteiger partial charge on any atom is 0.231 e. The Morgan fingerprint density at radius 3 is 2.65 bits per heavy atom. The van der Waals surface area contributed by atoms with Crippen molar-refractivity contribution in [1.29, 1.82) is 0 Å². The molecule has 3 rings (SSSR count). The van der Waals surface area contributed by atoms with E-state index >= 15 is 0 Å². The smallest absolute Gasteiger partial charge is 0.231 e. The summed E-state index contributed by atoms with van der Waals surface area (Å²) < 4.78 is 29.2. The summed E-state index contributed by atoms with van der Waals surface area (Å²) in [5.41, 5.74) is 1.95. The number of aliphatic imine (C=N–C) groups is 1. The van der Waals surface area contributed by atoms with Crippen LogP contribution in [0.5, 0.6) is 11.5 Å². The minimum Gasteiger partial charge on any atom is -0.454 e. The zero-order valence-corrected chi connectivity index (χ0v) is 14.8. The number of hydrogen-bond donors (Lipinski definition) is 2. The maximum absolute atomic E-state index is 13.1. The third kappa shape index (κ3) is 4.43.